The Morgan fingerprint density at radius 3 is 2.61 bits per heavy atom. The number of nitrogens with zero attached hydrogens (tertiary/aromatic N) is 2. The predicted octanol–water partition coefficient (Wildman–Crippen LogP) is 5.74. The Morgan fingerprint density at radius 2 is 1.79 bits per heavy atom. The summed E-state index contributed by atoms with van der Waals surface area (Å²) in [5.74, 6) is 1.14. The quantitative estimate of drug-likeness (QED) is 0.436. The van der Waals surface area contributed by atoms with Crippen LogP contribution in [0.25, 0.3) is 22.1 Å². The molecule has 0 radical (unpaired) electrons. The fourth-order valence-electron chi connectivity index (χ4n) is 3.12. The lowest BCUT2D eigenvalue weighted by atomic mass is 10.1. The van der Waals surface area contributed by atoms with Crippen molar-refractivity contribution in [2.24, 2.45) is 0 Å². The van der Waals surface area contributed by atoms with Crippen LogP contribution in [-0.4, -0.2) is 17.9 Å². The van der Waals surface area contributed by atoms with Crippen molar-refractivity contribution >= 4 is 34.0 Å². The van der Waals surface area contributed by atoms with Crippen LogP contribution in [0, 0.1) is 0 Å². The zero-order valence-corrected chi connectivity index (χ0v) is 16.2. The lowest BCUT2D eigenvalue weighted by Gasteiger charge is -2.17. The van der Waals surface area contributed by atoms with Crippen molar-refractivity contribution in [1.82, 2.24) is 4.98 Å². The van der Waals surface area contributed by atoms with Gasteiger partial charge in [-0.2, -0.15) is 0 Å². The number of carbonyl (C=O) groups excluding carboxylic acids is 1. The van der Waals surface area contributed by atoms with E-state index in [9.17, 15) is 4.79 Å². The number of amides is 1. The van der Waals surface area contributed by atoms with Gasteiger partial charge < -0.3 is 9.32 Å². The minimum Gasteiger partial charge on any atom is -0.441 e. The van der Waals surface area contributed by atoms with E-state index in [1.54, 1.807) is 24.2 Å². The van der Waals surface area contributed by atoms with E-state index in [4.69, 9.17) is 16.0 Å². The zero-order valence-electron chi connectivity index (χ0n) is 15.4. The molecule has 1 aromatic heterocycles. The molecular weight excluding hydrogens is 372 g/mol. The number of rotatable bonds is 5. The van der Waals surface area contributed by atoms with Crippen LogP contribution in [-0.2, 0) is 11.2 Å². The minimum absolute atomic E-state index is 0.00720. The van der Waals surface area contributed by atoms with Gasteiger partial charge in [0, 0.05) is 31.1 Å². The van der Waals surface area contributed by atoms with E-state index in [1.165, 1.54) is 0 Å². The molecule has 0 aliphatic rings. The number of anilines is 1. The number of aryl methyl sites for hydroxylation is 1. The fraction of sp³-hybridized carbons (Fsp3) is 0.130. The number of hydrogen-bond acceptors (Lipinski definition) is 3. The summed E-state index contributed by atoms with van der Waals surface area (Å²) in [6, 6.07) is 21.5. The molecule has 0 unspecified atom stereocenters. The fourth-order valence-corrected chi connectivity index (χ4v) is 3.35. The van der Waals surface area contributed by atoms with Gasteiger partial charge in [-0.3, -0.25) is 4.79 Å². The van der Waals surface area contributed by atoms with Crippen LogP contribution in [0.4, 0.5) is 5.69 Å². The first-order chi connectivity index (χ1) is 13.6. The molecule has 28 heavy (non-hydrogen) atoms. The SMILES string of the molecule is CN(C(=O)CCc1ncc(-c2ccccc2Cl)o1)c1ccc2ccccc2c1. The van der Waals surface area contributed by atoms with Gasteiger partial charge in [0.25, 0.3) is 0 Å². The minimum atomic E-state index is 0.00720. The molecule has 0 saturated heterocycles. The maximum atomic E-state index is 12.6. The van der Waals surface area contributed by atoms with Gasteiger partial charge >= 0.3 is 0 Å². The number of halogens is 1. The molecule has 0 fully saturated rings. The normalized spacial score (nSPS) is 10.9. The first kappa shape index (κ1) is 18.3. The molecule has 0 N–H and O–H groups in total. The lowest BCUT2D eigenvalue weighted by Crippen LogP contribution is -2.26. The lowest BCUT2D eigenvalue weighted by molar-refractivity contribution is -0.118. The Hall–Kier alpha value is -3.11. The monoisotopic (exact) mass is 390 g/mol. The van der Waals surface area contributed by atoms with Crippen molar-refractivity contribution in [3.05, 3.63) is 83.8 Å². The van der Waals surface area contributed by atoms with Crippen LogP contribution in [0.5, 0.6) is 0 Å². The zero-order chi connectivity index (χ0) is 19.5. The predicted molar refractivity (Wildman–Crippen MR) is 113 cm³/mol. The highest BCUT2D eigenvalue weighted by molar-refractivity contribution is 6.33. The first-order valence-corrected chi connectivity index (χ1v) is 9.44. The summed E-state index contributed by atoms with van der Waals surface area (Å²) in [5, 5.41) is 2.87. The van der Waals surface area contributed by atoms with E-state index in [-0.39, 0.29) is 5.91 Å². The molecule has 4 nitrogen and oxygen atoms in total. The second-order valence-electron chi connectivity index (χ2n) is 6.58. The third kappa shape index (κ3) is 3.78. The molecule has 140 valence electrons. The van der Waals surface area contributed by atoms with E-state index in [0.29, 0.717) is 29.5 Å². The number of hydrogen-bond donors (Lipinski definition) is 0. The Morgan fingerprint density at radius 1 is 1.04 bits per heavy atom. The molecule has 0 saturated carbocycles. The first-order valence-electron chi connectivity index (χ1n) is 9.07. The second kappa shape index (κ2) is 7.87. The summed E-state index contributed by atoms with van der Waals surface area (Å²) in [6.45, 7) is 0. The van der Waals surface area contributed by atoms with E-state index in [2.05, 4.69) is 11.1 Å². The summed E-state index contributed by atoms with van der Waals surface area (Å²) in [4.78, 5) is 18.6. The van der Waals surface area contributed by atoms with Crippen LogP contribution >= 0.6 is 11.6 Å². The molecule has 4 aromatic rings. The van der Waals surface area contributed by atoms with Crippen LogP contribution in [0.2, 0.25) is 5.02 Å². The molecular formula is C23H19ClN2O2. The molecule has 0 aliphatic carbocycles. The van der Waals surface area contributed by atoms with Crippen LogP contribution in [0.3, 0.4) is 0 Å². The van der Waals surface area contributed by atoms with Crippen LogP contribution < -0.4 is 4.90 Å². The van der Waals surface area contributed by atoms with E-state index in [1.807, 2.05) is 54.6 Å². The third-order valence-corrected chi connectivity index (χ3v) is 5.07. The number of oxazole rings is 1. The number of carbonyl (C=O) groups is 1. The van der Waals surface area contributed by atoms with Crippen molar-refractivity contribution in [2.75, 3.05) is 11.9 Å². The molecule has 3 aromatic carbocycles. The van der Waals surface area contributed by atoms with Crippen LogP contribution in [0.15, 0.2) is 77.3 Å². The standard InChI is InChI=1S/C23H19ClN2O2/c1-26(18-11-10-16-6-2-3-7-17(16)14-18)23(27)13-12-22-25-15-21(28-22)19-8-4-5-9-20(19)24/h2-11,14-15H,12-13H2,1H3. The Kier molecular flexibility index (Phi) is 5.13. The molecule has 0 spiro atoms. The summed E-state index contributed by atoms with van der Waals surface area (Å²) in [6.07, 6.45) is 2.39. The topological polar surface area (TPSA) is 46.3 Å². The van der Waals surface area contributed by atoms with Crippen molar-refractivity contribution in [2.45, 2.75) is 12.8 Å². The van der Waals surface area contributed by atoms with Crippen molar-refractivity contribution in [3.8, 4) is 11.3 Å². The molecule has 0 aliphatic heterocycles. The molecule has 0 bridgehead atoms. The number of aromatic nitrogens is 1. The van der Waals surface area contributed by atoms with Crippen LogP contribution in [0.1, 0.15) is 12.3 Å². The molecule has 5 heteroatoms. The average molecular weight is 391 g/mol. The molecule has 1 amide bonds. The maximum absolute atomic E-state index is 12.6. The van der Waals surface area contributed by atoms with Crippen molar-refractivity contribution in [1.29, 1.82) is 0 Å². The van der Waals surface area contributed by atoms with E-state index in [0.717, 1.165) is 22.0 Å². The molecule has 4 rings (SSSR count). The third-order valence-electron chi connectivity index (χ3n) is 4.74. The highest BCUT2D eigenvalue weighted by Crippen LogP contribution is 2.28. The summed E-state index contributed by atoms with van der Waals surface area (Å²) >= 11 is 6.20. The van der Waals surface area contributed by atoms with Gasteiger partial charge in [0.05, 0.1) is 11.2 Å². The largest absolute Gasteiger partial charge is 0.441 e. The van der Waals surface area contributed by atoms with Gasteiger partial charge in [0.2, 0.25) is 5.91 Å². The summed E-state index contributed by atoms with van der Waals surface area (Å²) in [7, 11) is 1.79. The summed E-state index contributed by atoms with van der Waals surface area (Å²) < 4.78 is 5.78. The number of fused-ring (bicyclic) bond motifs is 1. The van der Waals surface area contributed by atoms with Gasteiger partial charge in [-0.25, -0.2) is 4.98 Å². The highest BCUT2D eigenvalue weighted by atomic mass is 35.5. The Balaban J connectivity index is 1.43. The Labute approximate surface area is 168 Å². The van der Waals surface area contributed by atoms with Gasteiger partial charge in [-0.15, -0.1) is 0 Å². The smallest absolute Gasteiger partial charge is 0.227 e. The van der Waals surface area contributed by atoms with Crippen molar-refractivity contribution in [3.63, 3.8) is 0 Å². The molecule has 1 heterocycles. The van der Waals surface area contributed by atoms with Gasteiger partial charge in [0.1, 0.15) is 0 Å². The van der Waals surface area contributed by atoms with Gasteiger partial charge in [-0.05, 0) is 35.0 Å². The molecule has 0 atom stereocenters. The van der Waals surface area contributed by atoms with E-state index < -0.39 is 0 Å². The summed E-state index contributed by atoms with van der Waals surface area (Å²) in [5.41, 5.74) is 1.66. The highest BCUT2D eigenvalue weighted by Gasteiger charge is 2.14. The second-order valence-corrected chi connectivity index (χ2v) is 6.99. The van der Waals surface area contributed by atoms with Gasteiger partial charge in [-0.1, -0.05) is 54.1 Å². The van der Waals surface area contributed by atoms with E-state index >= 15 is 0 Å². The van der Waals surface area contributed by atoms with Crippen molar-refractivity contribution < 1.29 is 9.21 Å². The maximum Gasteiger partial charge on any atom is 0.227 e. The number of benzene rings is 3. The Bertz CT molecular complexity index is 1140. The van der Waals surface area contributed by atoms with Gasteiger partial charge in [0.15, 0.2) is 11.7 Å². The average Bonchev–Trinajstić information content (AvgIpc) is 3.20.